The molecule has 3 amide bonds. The lowest BCUT2D eigenvalue weighted by Crippen LogP contribution is -2.56. The summed E-state index contributed by atoms with van der Waals surface area (Å²) in [6.07, 6.45) is 9.50. The molecule has 4 aliphatic heterocycles. The van der Waals surface area contributed by atoms with Gasteiger partial charge in [0, 0.05) is 39.0 Å². The number of methoxy groups -OCH3 is 1. The number of likely N-dealkylation sites (N-methyl/N-ethyl adjacent to an activating group) is 1. The number of aliphatic hydroxyl groups excluding tert-OH is 1. The van der Waals surface area contributed by atoms with Crippen LogP contribution in [0.5, 0.6) is 5.75 Å². The van der Waals surface area contributed by atoms with E-state index >= 15 is 0 Å². The van der Waals surface area contributed by atoms with Gasteiger partial charge in [-0.1, -0.05) is 24.3 Å². The Morgan fingerprint density at radius 3 is 2.41 bits per heavy atom. The lowest BCUT2D eigenvalue weighted by atomic mass is 9.74. The van der Waals surface area contributed by atoms with E-state index in [1.807, 2.05) is 43.4 Å². The monoisotopic (exact) mass is 509 g/mol. The van der Waals surface area contributed by atoms with Crippen LogP contribution in [0.4, 0.5) is 5.69 Å². The molecule has 1 unspecified atom stereocenters. The number of carbonyl (C=O) groups is 3. The first kappa shape index (κ1) is 25.5. The zero-order valence-electron chi connectivity index (χ0n) is 21.6. The molecule has 198 valence electrons. The first-order valence-electron chi connectivity index (χ1n) is 12.9. The zero-order chi connectivity index (χ0) is 26.4. The lowest BCUT2D eigenvalue weighted by molar-refractivity contribution is -0.148. The quantitative estimate of drug-likeness (QED) is 0.444. The molecule has 1 spiro atoms. The highest BCUT2D eigenvalue weighted by atomic mass is 16.5. The normalized spacial score (nSPS) is 32.8. The van der Waals surface area contributed by atoms with Crippen LogP contribution < -0.4 is 9.64 Å². The molecule has 0 saturated carbocycles. The van der Waals surface area contributed by atoms with E-state index in [-0.39, 0.29) is 24.3 Å². The van der Waals surface area contributed by atoms with Gasteiger partial charge >= 0.3 is 0 Å². The molecule has 9 nitrogen and oxygen atoms in total. The SMILES string of the molecule is COc1ccc(N2CC=C[C@]34O[C@@]5(C)C=CCN(C)C(=O)[C@H]5[C@H]3C(=O)N(CCCCCO)C4C2=O)cc1. The van der Waals surface area contributed by atoms with E-state index in [9.17, 15) is 19.5 Å². The first-order chi connectivity index (χ1) is 17.8. The molecular formula is C28H35N3O6. The summed E-state index contributed by atoms with van der Waals surface area (Å²) in [5.74, 6) is -1.48. The van der Waals surface area contributed by atoms with Crippen molar-refractivity contribution < 1.29 is 29.0 Å². The largest absolute Gasteiger partial charge is 0.497 e. The first-order valence-corrected chi connectivity index (χ1v) is 12.9. The second-order valence-corrected chi connectivity index (χ2v) is 10.5. The third-order valence-corrected chi connectivity index (χ3v) is 8.20. The number of hydrogen-bond donors (Lipinski definition) is 1. The Labute approximate surface area is 217 Å². The van der Waals surface area contributed by atoms with Gasteiger partial charge in [-0.3, -0.25) is 14.4 Å². The standard InChI is InChI=1S/C28H35N3O6/c1-27-13-7-15-29(2)24(33)21(27)22-25(34)31(16-5-4-6-18-32)23-26(35)30(17-8-14-28(22,23)37-27)19-9-11-20(36-3)12-10-19/h7-14,21-23,32H,4-6,15-18H2,1-3H3/t21-,22+,23?,27+,28+/m1/s1. The molecule has 4 aliphatic rings. The van der Waals surface area contributed by atoms with E-state index in [1.165, 1.54) is 0 Å². The van der Waals surface area contributed by atoms with Gasteiger partial charge in [-0.15, -0.1) is 0 Å². The van der Waals surface area contributed by atoms with Gasteiger partial charge in [0.05, 0.1) is 24.5 Å². The van der Waals surface area contributed by atoms with Crippen molar-refractivity contribution in [2.45, 2.75) is 43.4 Å². The minimum Gasteiger partial charge on any atom is -0.497 e. The molecule has 2 fully saturated rings. The third-order valence-electron chi connectivity index (χ3n) is 8.20. The van der Waals surface area contributed by atoms with E-state index in [0.29, 0.717) is 43.9 Å². The second-order valence-electron chi connectivity index (χ2n) is 10.5. The maximum absolute atomic E-state index is 14.3. The molecular weight excluding hydrogens is 474 g/mol. The topological polar surface area (TPSA) is 99.6 Å². The number of anilines is 1. The fourth-order valence-electron chi connectivity index (χ4n) is 6.45. The van der Waals surface area contributed by atoms with Crippen molar-refractivity contribution in [3.63, 3.8) is 0 Å². The molecule has 0 aliphatic carbocycles. The third kappa shape index (κ3) is 3.95. The smallest absolute Gasteiger partial charge is 0.253 e. The number of aliphatic hydroxyl groups is 1. The summed E-state index contributed by atoms with van der Waals surface area (Å²) < 4.78 is 12.0. The van der Waals surface area contributed by atoms with Gasteiger partial charge < -0.3 is 29.3 Å². The highest BCUT2D eigenvalue weighted by Gasteiger charge is 2.74. The Morgan fingerprint density at radius 1 is 0.973 bits per heavy atom. The van der Waals surface area contributed by atoms with Crippen LogP contribution in [0, 0.1) is 11.8 Å². The fraction of sp³-hybridized carbons (Fsp3) is 0.536. The molecule has 9 heteroatoms. The van der Waals surface area contributed by atoms with Crippen LogP contribution in [0.3, 0.4) is 0 Å². The van der Waals surface area contributed by atoms with Gasteiger partial charge in [0.1, 0.15) is 17.4 Å². The van der Waals surface area contributed by atoms with Crippen LogP contribution in [-0.2, 0) is 19.1 Å². The number of nitrogens with zero attached hydrogens (tertiary/aromatic N) is 3. The number of carbonyl (C=O) groups excluding carboxylic acids is 3. The summed E-state index contributed by atoms with van der Waals surface area (Å²) in [5.41, 5.74) is -1.58. The summed E-state index contributed by atoms with van der Waals surface area (Å²) in [5, 5.41) is 9.22. The summed E-state index contributed by atoms with van der Waals surface area (Å²) in [6, 6.07) is 6.34. The highest BCUT2D eigenvalue weighted by Crippen LogP contribution is 2.57. The van der Waals surface area contributed by atoms with Gasteiger partial charge in [-0.2, -0.15) is 0 Å². The Bertz CT molecular complexity index is 1130. The average molecular weight is 510 g/mol. The van der Waals surface area contributed by atoms with Crippen LogP contribution in [-0.4, -0.2) is 90.3 Å². The van der Waals surface area contributed by atoms with Gasteiger partial charge in [-0.25, -0.2) is 0 Å². The van der Waals surface area contributed by atoms with Crippen LogP contribution >= 0.6 is 0 Å². The second kappa shape index (κ2) is 9.61. The number of rotatable bonds is 7. The molecule has 2 saturated heterocycles. The van der Waals surface area contributed by atoms with Crippen LogP contribution in [0.2, 0.25) is 0 Å². The van der Waals surface area contributed by atoms with Gasteiger partial charge in [0.25, 0.3) is 5.91 Å². The van der Waals surface area contributed by atoms with E-state index in [2.05, 4.69) is 0 Å². The van der Waals surface area contributed by atoms with E-state index in [0.717, 1.165) is 6.42 Å². The molecule has 0 bridgehead atoms. The number of fused-ring (bicyclic) bond motifs is 2. The van der Waals surface area contributed by atoms with E-state index in [4.69, 9.17) is 9.47 Å². The number of unbranched alkanes of at least 4 members (excludes halogenated alkanes) is 2. The molecule has 1 aromatic carbocycles. The predicted octanol–water partition coefficient (Wildman–Crippen LogP) is 1.76. The average Bonchev–Trinajstić information content (AvgIpc) is 3.16. The number of benzene rings is 1. The van der Waals surface area contributed by atoms with Crippen molar-refractivity contribution in [3.05, 3.63) is 48.6 Å². The molecule has 4 heterocycles. The van der Waals surface area contributed by atoms with Crippen molar-refractivity contribution >= 4 is 23.4 Å². The molecule has 5 atom stereocenters. The van der Waals surface area contributed by atoms with Crippen LogP contribution in [0.25, 0.3) is 0 Å². The fourth-order valence-corrected chi connectivity index (χ4v) is 6.45. The number of likely N-dealkylation sites (tertiary alicyclic amines) is 1. The summed E-state index contributed by atoms with van der Waals surface area (Å²) in [6.45, 7) is 3.03. The van der Waals surface area contributed by atoms with Crippen molar-refractivity contribution in [2.24, 2.45) is 11.8 Å². The van der Waals surface area contributed by atoms with Gasteiger partial charge in [0.2, 0.25) is 11.8 Å². The molecule has 0 aromatic heterocycles. The highest BCUT2D eigenvalue weighted by molar-refractivity contribution is 6.06. The molecule has 0 radical (unpaired) electrons. The summed E-state index contributed by atoms with van der Waals surface area (Å²) >= 11 is 0. The number of hydrogen-bond acceptors (Lipinski definition) is 6. The summed E-state index contributed by atoms with van der Waals surface area (Å²) in [7, 11) is 3.32. The minimum atomic E-state index is -1.26. The molecule has 37 heavy (non-hydrogen) atoms. The van der Waals surface area contributed by atoms with Gasteiger partial charge in [-0.05, 0) is 50.5 Å². The van der Waals surface area contributed by atoms with Crippen molar-refractivity contribution in [1.82, 2.24) is 9.80 Å². The van der Waals surface area contributed by atoms with Crippen molar-refractivity contribution in [3.8, 4) is 5.75 Å². The molecule has 5 rings (SSSR count). The minimum absolute atomic E-state index is 0.0769. The van der Waals surface area contributed by atoms with Crippen LogP contribution in [0.1, 0.15) is 26.2 Å². The Hall–Kier alpha value is -3.17. The lowest BCUT2D eigenvalue weighted by Gasteiger charge is -2.37. The molecule has 1 N–H and O–H groups in total. The Kier molecular flexibility index (Phi) is 6.62. The molecule has 1 aromatic rings. The van der Waals surface area contributed by atoms with E-state index < -0.39 is 29.1 Å². The van der Waals surface area contributed by atoms with Crippen molar-refractivity contribution in [1.29, 1.82) is 0 Å². The maximum Gasteiger partial charge on any atom is 0.253 e. The zero-order valence-corrected chi connectivity index (χ0v) is 21.6. The van der Waals surface area contributed by atoms with Gasteiger partial charge in [0.15, 0.2) is 0 Å². The Balaban J connectivity index is 1.58. The van der Waals surface area contributed by atoms with Crippen LogP contribution in [0.15, 0.2) is 48.6 Å². The number of ether oxygens (including phenoxy) is 2. The summed E-state index contributed by atoms with van der Waals surface area (Å²) in [4.78, 5) is 46.9. The van der Waals surface area contributed by atoms with E-state index in [1.54, 1.807) is 41.0 Å². The number of amides is 3. The predicted molar refractivity (Wildman–Crippen MR) is 137 cm³/mol. The Morgan fingerprint density at radius 2 is 1.70 bits per heavy atom. The maximum atomic E-state index is 14.3. The van der Waals surface area contributed by atoms with Crippen molar-refractivity contribution in [2.75, 3.05) is 45.3 Å².